The third-order valence-corrected chi connectivity index (χ3v) is 5.73. The van der Waals surface area contributed by atoms with Gasteiger partial charge in [-0.2, -0.15) is 4.31 Å². The number of rotatable bonds is 9. The highest BCUT2D eigenvalue weighted by Gasteiger charge is 2.21. The van der Waals surface area contributed by atoms with Crippen LogP contribution < -0.4 is 5.32 Å². The molecule has 2 aromatic rings. The third-order valence-electron chi connectivity index (χ3n) is 3.66. The van der Waals surface area contributed by atoms with Gasteiger partial charge in [-0.1, -0.05) is 11.6 Å². The van der Waals surface area contributed by atoms with Crippen LogP contribution in [0.5, 0.6) is 0 Å². The Kier molecular flexibility index (Phi) is 7.66. The molecular weight excluding hydrogens is 392 g/mol. The number of carbonyl (C=O) groups is 1. The van der Waals surface area contributed by atoms with E-state index >= 15 is 0 Å². The highest BCUT2D eigenvalue weighted by Crippen LogP contribution is 2.18. The summed E-state index contributed by atoms with van der Waals surface area (Å²) in [7, 11) is -0.664. The number of hydrogen-bond acceptors (Lipinski definition) is 6. The summed E-state index contributed by atoms with van der Waals surface area (Å²) in [5.41, 5.74) is 0.305. The molecule has 1 heterocycles. The molecule has 0 spiro atoms. The van der Waals surface area contributed by atoms with Crippen LogP contribution in [0.3, 0.4) is 0 Å². The number of benzene rings is 1. The van der Waals surface area contributed by atoms with Gasteiger partial charge in [0.2, 0.25) is 10.0 Å². The van der Waals surface area contributed by atoms with Crippen molar-refractivity contribution < 1.29 is 17.9 Å². The minimum atomic E-state index is -3.69. The molecule has 0 bridgehead atoms. The Morgan fingerprint density at radius 1 is 1.22 bits per heavy atom. The highest BCUT2D eigenvalue weighted by molar-refractivity contribution is 7.89. The molecule has 146 valence electrons. The number of sulfonamides is 1. The molecule has 8 nitrogen and oxygen atoms in total. The summed E-state index contributed by atoms with van der Waals surface area (Å²) in [6, 6.07) is 5.90. The first kappa shape index (κ1) is 21.2. The Morgan fingerprint density at radius 2 is 1.85 bits per heavy atom. The standard InChI is InChI=1S/C17H21ClN4O4S/c1-22(27(24,25)15-6-4-14(18)5-7-15)12-16-20-10-13(11-21-16)17(23)19-8-3-9-26-2/h4-7,10-11H,3,8-9,12H2,1-2H3,(H,19,23). The molecule has 0 atom stereocenters. The summed E-state index contributed by atoms with van der Waals surface area (Å²) >= 11 is 5.79. The van der Waals surface area contributed by atoms with Gasteiger partial charge in [-0.25, -0.2) is 18.4 Å². The van der Waals surface area contributed by atoms with E-state index in [1.807, 2.05) is 0 Å². The molecule has 0 aliphatic heterocycles. The fraction of sp³-hybridized carbons (Fsp3) is 0.353. The van der Waals surface area contributed by atoms with E-state index in [1.54, 1.807) is 7.11 Å². The Balaban J connectivity index is 1.99. The minimum absolute atomic E-state index is 0.0271. The van der Waals surface area contributed by atoms with Gasteiger partial charge < -0.3 is 10.1 Å². The second kappa shape index (κ2) is 9.75. The van der Waals surface area contributed by atoms with E-state index in [4.69, 9.17) is 16.3 Å². The first-order valence-electron chi connectivity index (χ1n) is 8.14. The van der Waals surface area contributed by atoms with Gasteiger partial charge in [0.1, 0.15) is 5.82 Å². The molecule has 10 heteroatoms. The van der Waals surface area contributed by atoms with Gasteiger partial charge in [0.15, 0.2) is 0 Å². The third kappa shape index (κ3) is 5.96. The lowest BCUT2D eigenvalue weighted by molar-refractivity contribution is 0.0947. The van der Waals surface area contributed by atoms with Gasteiger partial charge in [-0.3, -0.25) is 4.79 Å². The summed E-state index contributed by atoms with van der Waals surface area (Å²) in [5, 5.41) is 3.18. The SMILES string of the molecule is COCCCNC(=O)c1cnc(CN(C)S(=O)(=O)c2ccc(Cl)cc2)nc1. The van der Waals surface area contributed by atoms with Crippen molar-refractivity contribution in [2.45, 2.75) is 17.9 Å². The predicted molar refractivity (Wildman–Crippen MR) is 101 cm³/mol. The molecule has 0 unspecified atom stereocenters. The maximum absolute atomic E-state index is 12.5. The summed E-state index contributed by atoms with van der Waals surface area (Å²) in [6.45, 7) is 1.02. The van der Waals surface area contributed by atoms with Crippen molar-refractivity contribution in [3.63, 3.8) is 0 Å². The summed E-state index contributed by atoms with van der Waals surface area (Å²) in [5.74, 6) is -0.00855. The molecule has 1 aromatic heterocycles. The van der Waals surface area contributed by atoms with Crippen molar-refractivity contribution in [3.05, 3.63) is 53.1 Å². The Hall–Kier alpha value is -2.07. The fourth-order valence-electron chi connectivity index (χ4n) is 2.14. The Morgan fingerprint density at radius 3 is 2.44 bits per heavy atom. The van der Waals surface area contributed by atoms with Gasteiger partial charge in [0.25, 0.3) is 5.91 Å². The second-order valence-electron chi connectivity index (χ2n) is 5.71. The largest absolute Gasteiger partial charge is 0.385 e. The molecule has 1 aromatic carbocycles. The highest BCUT2D eigenvalue weighted by atomic mass is 35.5. The Labute approximate surface area is 163 Å². The van der Waals surface area contributed by atoms with Crippen LogP contribution in [0.25, 0.3) is 0 Å². The summed E-state index contributed by atoms with van der Waals surface area (Å²) in [6.07, 6.45) is 3.45. The number of nitrogens with one attached hydrogen (secondary N) is 1. The number of ether oxygens (including phenoxy) is 1. The average molecular weight is 413 g/mol. The van der Waals surface area contributed by atoms with Crippen molar-refractivity contribution in [3.8, 4) is 0 Å². The lowest BCUT2D eigenvalue weighted by atomic mass is 10.3. The van der Waals surface area contributed by atoms with Crippen molar-refractivity contribution >= 4 is 27.5 Å². The molecule has 27 heavy (non-hydrogen) atoms. The zero-order valence-corrected chi connectivity index (χ0v) is 16.6. The van der Waals surface area contributed by atoms with Crippen LogP contribution in [0.4, 0.5) is 0 Å². The minimum Gasteiger partial charge on any atom is -0.385 e. The molecular formula is C17H21ClN4O4S. The molecule has 0 aliphatic rings. The maximum Gasteiger partial charge on any atom is 0.254 e. The predicted octanol–water partition coefficient (Wildman–Crippen LogP) is 1.72. The first-order valence-corrected chi connectivity index (χ1v) is 9.96. The van der Waals surface area contributed by atoms with E-state index < -0.39 is 10.0 Å². The van der Waals surface area contributed by atoms with Crippen LogP contribution in [0.2, 0.25) is 5.02 Å². The lowest BCUT2D eigenvalue weighted by Gasteiger charge is -2.16. The normalized spacial score (nSPS) is 11.6. The van der Waals surface area contributed by atoms with Crippen LogP contribution in [-0.4, -0.2) is 55.9 Å². The molecule has 0 radical (unpaired) electrons. The number of hydrogen-bond donors (Lipinski definition) is 1. The van der Waals surface area contributed by atoms with Crippen LogP contribution in [0.15, 0.2) is 41.6 Å². The number of halogens is 1. The molecule has 0 aliphatic carbocycles. The summed E-state index contributed by atoms with van der Waals surface area (Å²) < 4.78 is 31.1. The molecule has 1 amide bonds. The first-order chi connectivity index (χ1) is 12.8. The monoisotopic (exact) mass is 412 g/mol. The number of carbonyl (C=O) groups excluding carboxylic acids is 1. The van der Waals surface area contributed by atoms with E-state index in [0.29, 0.717) is 30.2 Å². The number of amides is 1. The van der Waals surface area contributed by atoms with E-state index in [-0.39, 0.29) is 23.2 Å². The molecule has 0 saturated heterocycles. The molecule has 2 rings (SSSR count). The lowest BCUT2D eigenvalue weighted by Crippen LogP contribution is -2.28. The maximum atomic E-state index is 12.5. The van der Waals surface area contributed by atoms with Gasteiger partial charge in [-0.15, -0.1) is 0 Å². The topological polar surface area (TPSA) is 101 Å². The van der Waals surface area contributed by atoms with Crippen molar-refractivity contribution in [1.29, 1.82) is 0 Å². The van der Waals surface area contributed by atoms with E-state index in [1.165, 1.54) is 43.7 Å². The molecule has 0 saturated carbocycles. The Bertz CT molecular complexity index is 858. The van der Waals surface area contributed by atoms with Crippen molar-refractivity contribution in [2.24, 2.45) is 0 Å². The van der Waals surface area contributed by atoms with E-state index in [0.717, 1.165) is 4.31 Å². The quantitative estimate of drug-likeness (QED) is 0.629. The average Bonchev–Trinajstić information content (AvgIpc) is 2.66. The zero-order chi connectivity index (χ0) is 19.9. The van der Waals surface area contributed by atoms with Crippen LogP contribution in [0, 0.1) is 0 Å². The second-order valence-corrected chi connectivity index (χ2v) is 8.19. The van der Waals surface area contributed by atoms with Crippen LogP contribution in [-0.2, 0) is 21.3 Å². The molecule has 0 fully saturated rings. The number of aromatic nitrogens is 2. The van der Waals surface area contributed by atoms with E-state index in [2.05, 4.69) is 15.3 Å². The van der Waals surface area contributed by atoms with Crippen LogP contribution >= 0.6 is 11.6 Å². The van der Waals surface area contributed by atoms with Crippen LogP contribution in [0.1, 0.15) is 22.6 Å². The van der Waals surface area contributed by atoms with Crippen molar-refractivity contribution in [2.75, 3.05) is 27.3 Å². The van der Waals surface area contributed by atoms with Gasteiger partial charge in [0.05, 0.1) is 17.0 Å². The van der Waals surface area contributed by atoms with Gasteiger partial charge in [-0.05, 0) is 30.7 Å². The van der Waals surface area contributed by atoms with E-state index in [9.17, 15) is 13.2 Å². The smallest absolute Gasteiger partial charge is 0.254 e. The van der Waals surface area contributed by atoms with Crippen molar-refractivity contribution in [1.82, 2.24) is 19.6 Å². The fourth-order valence-corrected chi connectivity index (χ4v) is 3.40. The van der Waals surface area contributed by atoms with Gasteiger partial charge >= 0.3 is 0 Å². The molecule has 1 N–H and O–H groups in total. The number of nitrogens with zero attached hydrogens (tertiary/aromatic N) is 3. The zero-order valence-electron chi connectivity index (χ0n) is 15.1. The summed E-state index contributed by atoms with van der Waals surface area (Å²) in [4.78, 5) is 20.3. The number of methoxy groups -OCH3 is 1. The van der Waals surface area contributed by atoms with Gasteiger partial charge in [0, 0.05) is 44.7 Å².